The quantitative estimate of drug-likeness (QED) is 0.501. The van der Waals surface area contributed by atoms with Gasteiger partial charge in [0.15, 0.2) is 0 Å². The van der Waals surface area contributed by atoms with Crippen molar-refractivity contribution in [3.8, 4) is 0 Å². The monoisotopic (exact) mass is 458 g/mol. The molecular weight excluding hydrogens is 431 g/mol. The Kier molecular flexibility index (Phi) is 7.16. The van der Waals surface area contributed by atoms with Crippen LogP contribution in [0.2, 0.25) is 10.0 Å². The lowest BCUT2D eigenvalue weighted by Crippen LogP contribution is -2.46. The summed E-state index contributed by atoms with van der Waals surface area (Å²) in [6.45, 7) is 7.10. The summed E-state index contributed by atoms with van der Waals surface area (Å²) in [4.78, 5) is 24.0. The molecule has 1 fully saturated rings. The Morgan fingerprint density at radius 1 is 1.03 bits per heavy atom. The first-order valence-electron chi connectivity index (χ1n) is 10.9. The highest BCUT2D eigenvalue weighted by molar-refractivity contribution is 6.43. The van der Waals surface area contributed by atoms with Crippen LogP contribution >= 0.6 is 23.2 Å². The third-order valence-electron chi connectivity index (χ3n) is 6.02. The van der Waals surface area contributed by atoms with Crippen LogP contribution in [0.3, 0.4) is 0 Å². The Bertz CT molecular complexity index is 1110. The predicted octanol–water partition coefficient (Wildman–Crippen LogP) is 5.07. The van der Waals surface area contributed by atoms with Crippen molar-refractivity contribution in [1.82, 2.24) is 14.9 Å². The number of pyridine rings is 2. The van der Waals surface area contributed by atoms with Crippen LogP contribution in [0.25, 0.3) is 11.0 Å². The molecule has 4 rings (SSSR count). The van der Waals surface area contributed by atoms with Gasteiger partial charge in [0, 0.05) is 43.3 Å². The summed E-state index contributed by atoms with van der Waals surface area (Å²) in [5, 5.41) is 2.28. The zero-order valence-electron chi connectivity index (χ0n) is 17.8. The minimum atomic E-state index is -0.0904. The van der Waals surface area contributed by atoms with Crippen LogP contribution in [0.5, 0.6) is 0 Å². The lowest BCUT2D eigenvalue weighted by Gasteiger charge is -2.36. The van der Waals surface area contributed by atoms with Crippen molar-refractivity contribution in [2.24, 2.45) is 0 Å². The van der Waals surface area contributed by atoms with E-state index in [-0.39, 0.29) is 5.56 Å². The summed E-state index contributed by atoms with van der Waals surface area (Å²) >= 11 is 12.5. The molecule has 0 radical (unpaired) electrons. The van der Waals surface area contributed by atoms with Gasteiger partial charge in [-0.25, -0.2) is 4.98 Å². The van der Waals surface area contributed by atoms with E-state index in [1.54, 1.807) is 6.07 Å². The van der Waals surface area contributed by atoms with E-state index in [2.05, 4.69) is 31.9 Å². The van der Waals surface area contributed by atoms with Gasteiger partial charge in [-0.05, 0) is 62.6 Å². The summed E-state index contributed by atoms with van der Waals surface area (Å²) < 4.78 is 0. The third-order valence-corrected chi connectivity index (χ3v) is 6.83. The van der Waals surface area contributed by atoms with Gasteiger partial charge < -0.3 is 9.88 Å². The summed E-state index contributed by atoms with van der Waals surface area (Å²) in [6.07, 6.45) is 4.39. The SMILES string of the molecule is Cc1cc(=O)[nH]c2nc(CCCCCN3CCN(c4cccc(Cl)c4Cl)CC3)ccc12. The van der Waals surface area contributed by atoms with E-state index in [4.69, 9.17) is 23.2 Å². The molecule has 2 aromatic heterocycles. The van der Waals surface area contributed by atoms with Crippen LogP contribution in [0.4, 0.5) is 5.69 Å². The fourth-order valence-electron chi connectivity index (χ4n) is 4.25. The number of H-pyrrole nitrogens is 1. The van der Waals surface area contributed by atoms with Crippen LogP contribution in [-0.2, 0) is 6.42 Å². The molecular formula is C24H28Cl2N4O. The van der Waals surface area contributed by atoms with Gasteiger partial charge in [-0.2, -0.15) is 0 Å². The molecule has 3 heterocycles. The summed E-state index contributed by atoms with van der Waals surface area (Å²) in [7, 11) is 0. The highest BCUT2D eigenvalue weighted by Crippen LogP contribution is 2.32. The molecule has 3 aromatic rings. The number of nitrogens with one attached hydrogen (secondary N) is 1. The Hall–Kier alpha value is -2.08. The van der Waals surface area contributed by atoms with Crippen LogP contribution in [-0.4, -0.2) is 47.6 Å². The highest BCUT2D eigenvalue weighted by atomic mass is 35.5. The normalized spacial score (nSPS) is 15.0. The fraction of sp³-hybridized carbons (Fsp3) is 0.417. The molecule has 0 unspecified atom stereocenters. The van der Waals surface area contributed by atoms with Gasteiger partial charge in [0.2, 0.25) is 5.56 Å². The van der Waals surface area contributed by atoms with Crippen LogP contribution in [0, 0.1) is 6.92 Å². The smallest absolute Gasteiger partial charge is 0.249 e. The molecule has 0 atom stereocenters. The predicted molar refractivity (Wildman–Crippen MR) is 130 cm³/mol. The fourth-order valence-corrected chi connectivity index (χ4v) is 4.66. The molecule has 1 N–H and O–H groups in total. The number of aromatic amines is 1. The van der Waals surface area contributed by atoms with Gasteiger partial charge in [-0.1, -0.05) is 35.7 Å². The van der Waals surface area contributed by atoms with Gasteiger partial charge in [-0.15, -0.1) is 0 Å². The van der Waals surface area contributed by atoms with Gasteiger partial charge >= 0.3 is 0 Å². The Morgan fingerprint density at radius 3 is 2.65 bits per heavy atom. The number of aromatic nitrogens is 2. The van der Waals surface area contributed by atoms with E-state index in [9.17, 15) is 4.79 Å². The largest absolute Gasteiger partial charge is 0.368 e. The molecule has 0 amide bonds. The van der Waals surface area contributed by atoms with Crippen molar-refractivity contribution in [3.05, 3.63) is 68.1 Å². The van der Waals surface area contributed by atoms with E-state index in [1.807, 2.05) is 25.1 Å². The van der Waals surface area contributed by atoms with Crippen molar-refractivity contribution >= 4 is 39.9 Å². The molecule has 1 aromatic carbocycles. The zero-order chi connectivity index (χ0) is 21.8. The molecule has 31 heavy (non-hydrogen) atoms. The number of aryl methyl sites for hydroxylation is 2. The number of nitrogens with zero attached hydrogens (tertiary/aromatic N) is 3. The summed E-state index contributed by atoms with van der Waals surface area (Å²) in [5.74, 6) is 0. The molecule has 0 bridgehead atoms. The maximum absolute atomic E-state index is 11.7. The molecule has 1 saturated heterocycles. The Labute approximate surface area is 193 Å². The molecule has 7 heteroatoms. The standard InChI is InChI=1S/C24H28Cl2N4O/c1-17-16-22(31)28-24-19(17)10-9-18(27-24)6-3-2-4-11-29-12-14-30(15-13-29)21-8-5-7-20(25)23(21)26/h5,7-10,16H,2-4,6,11-15H2,1H3,(H,27,28,31). The van der Waals surface area contributed by atoms with E-state index in [0.29, 0.717) is 15.7 Å². The molecule has 0 aliphatic carbocycles. The number of benzene rings is 1. The number of hydrogen-bond acceptors (Lipinski definition) is 4. The number of hydrogen-bond donors (Lipinski definition) is 1. The van der Waals surface area contributed by atoms with Crippen molar-refractivity contribution in [3.63, 3.8) is 0 Å². The molecule has 0 spiro atoms. The van der Waals surface area contributed by atoms with Crippen LogP contribution in [0.1, 0.15) is 30.5 Å². The minimum absolute atomic E-state index is 0.0904. The number of fused-ring (bicyclic) bond motifs is 1. The zero-order valence-corrected chi connectivity index (χ0v) is 19.3. The van der Waals surface area contributed by atoms with Crippen LogP contribution < -0.4 is 10.5 Å². The van der Waals surface area contributed by atoms with Crippen molar-refractivity contribution < 1.29 is 0 Å². The number of rotatable bonds is 7. The third kappa shape index (κ3) is 5.40. The van der Waals surface area contributed by atoms with E-state index < -0.39 is 0 Å². The molecule has 1 aliphatic rings. The lowest BCUT2D eigenvalue weighted by atomic mass is 10.1. The molecule has 1 aliphatic heterocycles. The Morgan fingerprint density at radius 2 is 1.84 bits per heavy atom. The van der Waals surface area contributed by atoms with Gasteiger partial charge in [0.25, 0.3) is 0 Å². The minimum Gasteiger partial charge on any atom is -0.368 e. The van der Waals surface area contributed by atoms with E-state index in [0.717, 1.165) is 67.9 Å². The molecule has 0 saturated carbocycles. The number of unbranched alkanes of at least 4 members (excludes halogenated alkanes) is 2. The second-order valence-corrected chi connectivity index (χ2v) is 9.01. The first-order chi connectivity index (χ1) is 15.0. The van der Waals surface area contributed by atoms with E-state index in [1.165, 1.54) is 12.8 Å². The number of halogens is 2. The van der Waals surface area contributed by atoms with Crippen molar-refractivity contribution in [2.45, 2.75) is 32.6 Å². The van der Waals surface area contributed by atoms with Crippen LogP contribution in [0.15, 0.2) is 41.2 Å². The Balaban J connectivity index is 1.19. The summed E-state index contributed by atoms with van der Waals surface area (Å²) in [5.41, 5.74) is 3.65. The van der Waals surface area contributed by atoms with Gasteiger partial charge in [0.05, 0.1) is 15.7 Å². The lowest BCUT2D eigenvalue weighted by molar-refractivity contribution is 0.252. The molecule has 5 nitrogen and oxygen atoms in total. The highest BCUT2D eigenvalue weighted by Gasteiger charge is 2.19. The van der Waals surface area contributed by atoms with Crippen molar-refractivity contribution in [2.75, 3.05) is 37.6 Å². The van der Waals surface area contributed by atoms with Crippen molar-refractivity contribution in [1.29, 1.82) is 0 Å². The number of anilines is 1. The topological polar surface area (TPSA) is 52.2 Å². The first-order valence-corrected chi connectivity index (χ1v) is 11.7. The first kappa shape index (κ1) is 22.1. The van der Waals surface area contributed by atoms with E-state index >= 15 is 0 Å². The second kappa shape index (κ2) is 10.0. The maximum Gasteiger partial charge on any atom is 0.249 e. The molecule has 164 valence electrons. The second-order valence-electron chi connectivity index (χ2n) is 8.23. The summed E-state index contributed by atoms with van der Waals surface area (Å²) in [6, 6.07) is 11.6. The van der Waals surface area contributed by atoms with Gasteiger partial charge in [-0.3, -0.25) is 9.69 Å². The maximum atomic E-state index is 11.7. The number of piperazine rings is 1. The average Bonchev–Trinajstić information content (AvgIpc) is 2.75. The average molecular weight is 459 g/mol. The van der Waals surface area contributed by atoms with Gasteiger partial charge in [0.1, 0.15) is 5.65 Å².